The van der Waals surface area contributed by atoms with Gasteiger partial charge in [-0.05, 0) is 54.4 Å². The molecule has 0 aliphatic carbocycles. The molecule has 0 fully saturated rings. The fourth-order valence-electron chi connectivity index (χ4n) is 2.76. The van der Waals surface area contributed by atoms with Crippen LogP contribution in [0.1, 0.15) is 21.5 Å². The highest BCUT2D eigenvalue weighted by Crippen LogP contribution is 2.19. The molecule has 0 bridgehead atoms. The molecule has 0 radical (unpaired) electrons. The lowest BCUT2D eigenvalue weighted by molar-refractivity contribution is 0.102. The summed E-state index contributed by atoms with van der Waals surface area (Å²) in [5.41, 5.74) is 4.28. The number of anilines is 3. The number of methoxy groups -OCH3 is 1. The van der Waals surface area contributed by atoms with Crippen LogP contribution in [-0.4, -0.2) is 19.0 Å². The maximum Gasteiger partial charge on any atom is 0.323 e. The number of para-hydroxylation sites is 1. The molecule has 6 nitrogen and oxygen atoms in total. The Kier molecular flexibility index (Phi) is 6.60. The van der Waals surface area contributed by atoms with Crippen LogP contribution < -0.4 is 16.0 Å². The SMILES string of the molecule is COCc1ccc(NC(=O)c2ccc(C)c(NC(=O)Nc3ccccc3)c2)cc1. The van der Waals surface area contributed by atoms with Crippen molar-refractivity contribution in [3.05, 3.63) is 89.5 Å². The van der Waals surface area contributed by atoms with Gasteiger partial charge in [0.2, 0.25) is 0 Å². The van der Waals surface area contributed by atoms with Gasteiger partial charge in [-0.3, -0.25) is 4.79 Å². The molecule has 0 spiro atoms. The van der Waals surface area contributed by atoms with Crippen LogP contribution in [0.5, 0.6) is 0 Å². The number of hydrogen-bond acceptors (Lipinski definition) is 3. The van der Waals surface area contributed by atoms with E-state index in [1.807, 2.05) is 49.4 Å². The van der Waals surface area contributed by atoms with Crippen LogP contribution in [0.15, 0.2) is 72.8 Å². The number of nitrogens with one attached hydrogen (secondary N) is 3. The molecule has 3 N–H and O–H groups in total. The smallest absolute Gasteiger partial charge is 0.323 e. The van der Waals surface area contributed by atoms with E-state index in [1.165, 1.54) is 0 Å². The van der Waals surface area contributed by atoms with E-state index in [0.29, 0.717) is 29.2 Å². The third-order valence-corrected chi connectivity index (χ3v) is 4.30. The lowest BCUT2D eigenvalue weighted by Gasteiger charge is -2.12. The van der Waals surface area contributed by atoms with Crippen LogP contribution in [0, 0.1) is 6.92 Å². The average Bonchev–Trinajstić information content (AvgIpc) is 2.72. The van der Waals surface area contributed by atoms with Crippen LogP contribution in [0.25, 0.3) is 0 Å². The van der Waals surface area contributed by atoms with Gasteiger partial charge in [0, 0.05) is 29.7 Å². The molecular formula is C23H23N3O3. The quantitative estimate of drug-likeness (QED) is 0.553. The minimum Gasteiger partial charge on any atom is -0.380 e. The number of ether oxygens (including phenoxy) is 1. The molecule has 0 aromatic heterocycles. The molecule has 0 saturated heterocycles. The Labute approximate surface area is 169 Å². The van der Waals surface area contributed by atoms with Gasteiger partial charge >= 0.3 is 6.03 Å². The molecule has 3 amide bonds. The Morgan fingerprint density at radius 1 is 0.828 bits per heavy atom. The van der Waals surface area contributed by atoms with E-state index in [4.69, 9.17) is 4.74 Å². The molecule has 148 valence electrons. The van der Waals surface area contributed by atoms with Crippen molar-refractivity contribution in [1.82, 2.24) is 0 Å². The number of carbonyl (C=O) groups excluding carboxylic acids is 2. The first-order valence-corrected chi connectivity index (χ1v) is 9.18. The van der Waals surface area contributed by atoms with Crippen LogP contribution in [-0.2, 0) is 11.3 Å². The predicted molar refractivity (Wildman–Crippen MR) is 115 cm³/mol. The van der Waals surface area contributed by atoms with Crippen molar-refractivity contribution in [3.63, 3.8) is 0 Å². The fraction of sp³-hybridized carbons (Fsp3) is 0.130. The number of amides is 3. The van der Waals surface area contributed by atoms with E-state index in [-0.39, 0.29) is 11.9 Å². The Bertz CT molecular complexity index is 986. The van der Waals surface area contributed by atoms with Crippen molar-refractivity contribution in [2.75, 3.05) is 23.1 Å². The second-order valence-corrected chi connectivity index (χ2v) is 6.56. The summed E-state index contributed by atoms with van der Waals surface area (Å²) < 4.78 is 5.08. The third kappa shape index (κ3) is 5.67. The molecule has 3 rings (SSSR count). The second kappa shape index (κ2) is 9.52. The number of rotatable bonds is 6. The van der Waals surface area contributed by atoms with E-state index in [9.17, 15) is 9.59 Å². The predicted octanol–water partition coefficient (Wildman–Crippen LogP) is 5.04. The van der Waals surface area contributed by atoms with Crippen molar-refractivity contribution in [3.8, 4) is 0 Å². The topological polar surface area (TPSA) is 79.5 Å². The monoisotopic (exact) mass is 389 g/mol. The van der Waals surface area contributed by atoms with Gasteiger partial charge in [0.25, 0.3) is 5.91 Å². The van der Waals surface area contributed by atoms with Gasteiger partial charge in [-0.25, -0.2) is 4.79 Å². The summed E-state index contributed by atoms with van der Waals surface area (Å²) >= 11 is 0. The number of benzene rings is 3. The summed E-state index contributed by atoms with van der Waals surface area (Å²) in [6, 6.07) is 21.4. The number of carbonyl (C=O) groups is 2. The zero-order chi connectivity index (χ0) is 20.6. The van der Waals surface area contributed by atoms with E-state index >= 15 is 0 Å². The summed E-state index contributed by atoms with van der Waals surface area (Å²) in [6.45, 7) is 2.39. The van der Waals surface area contributed by atoms with Crippen molar-refractivity contribution < 1.29 is 14.3 Å². The summed E-state index contributed by atoms with van der Waals surface area (Å²) in [6.07, 6.45) is 0. The van der Waals surface area contributed by atoms with E-state index in [0.717, 1.165) is 11.1 Å². The van der Waals surface area contributed by atoms with Crippen LogP contribution >= 0.6 is 0 Å². The molecular weight excluding hydrogens is 366 g/mol. The summed E-state index contributed by atoms with van der Waals surface area (Å²) in [7, 11) is 1.64. The van der Waals surface area contributed by atoms with Gasteiger partial charge in [0.05, 0.1) is 6.61 Å². The van der Waals surface area contributed by atoms with Crippen molar-refractivity contribution in [1.29, 1.82) is 0 Å². The average molecular weight is 389 g/mol. The van der Waals surface area contributed by atoms with Gasteiger partial charge in [-0.2, -0.15) is 0 Å². The molecule has 0 aliphatic rings. The molecule has 6 heteroatoms. The van der Waals surface area contributed by atoms with Gasteiger partial charge < -0.3 is 20.7 Å². The Morgan fingerprint density at radius 2 is 1.52 bits per heavy atom. The Balaban J connectivity index is 1.67. The summed E-state index contributed by atoms with van der Waals surface area (Å²) in [5.74, 6) is -0.254. The van der Waals surface area contributed by atoms with Gasteiger partial charge in [-0.15, -0.1) is 0 Å². The maximum absolute atomic E-state index is 12.6. The Hall–Kier alpha value is -3.64. The van der Waals surface area contributed by atoms with E-state index in [2.05, 4.69) is 16.0 Å². The first-order valence-electron chi connectivity index (χ1n) is 9.18. The van der Waals surface area contributed by atoms with E-state index in [1.54, 1.807) is 37.4 Å². The normalized spacial score (nSPS) is 10.3. The molecule has 0 saturated carbocycles. The lowest BCUT2D eigenvalue weighted by atomic mass is 10.1. The van der Waals surface area contributed by atoms with Gasteiger partial charge in [0.1, 0.15) is 0 Å². The highest BCUT2D eigenvalue weighted by Gasteiger charge is 2.11. The zero-order valence-corrected chi connectivity index (χ0v) is 16.4. The molecule has 29 heavy (non-hydrogen) atoms. The summed E-state index contributed by atoms with van der Waals surface area (Å²) in [4.78, 5) is 24.9. The highest BCUT2D eigenvalue weighted by atomic mass is 16.5. The third-order valence-electron chi connectivity index (χ3n) is 4.30. The largest absolute Gasteiger partial charge is 0.380 e. The molecule has 3 aromatic rings. The van der Waals surface area contributed by atoms with Crippen LogP contribution in [0.2, 0.25) is 0 Å². The van der Waals surface area contributed by atoms with E-state index < -0.39 is 0 Å². The molecule has 0 unspecified atom stereocenters. The minimum atomic E-state index is -0.370. The molecule has 0 atom stereocenters. The highest BCUT2D eigenvalue weighted by molar-refractivity contribution is 6.06. The number of hydrogen-bond donors (Lipinski definition) is 3. The van der Waals surface area contributed by atoms with Crippen molar-refractivity contribution in [2.24, 2.45) is 0 Å². The maximum atomic E-state index is 12.6. The summed E-state index contributed by atoms with van der Waals surface area (Å²) in [5, 5.41) is 8.42. The zero-order valence-electron chi connectivity index (χ0n) is 16.4. The number of aryl methyl sites for hydroxylation is 1. The fourth-order valence-corrected chi connectivity index (χ4v) is 2.76. The first kappa shape index (κ1) is 20.1. The van der Waals surface area contributed by atoms with Gasteiger partial charge in [0.15, 0.2) is 0 Å². The lowest BCUT2D eigenvalue weighted by Crippen LogP contribution is -2.20. The molecule has 3 aromatic carbocycles. The van der Waals surface area contributed by atoms with Crippen LogP contribution in [0.4, 0.5) is 21.9 Å². The van der Waals surface area contributed by atoms with Gasteiger partial charge in [-0.1, -0.05) is 36.4 Å². The molecule has 0 heterocycles. The Morgan fingerprint density at radius 3 is 2.21 bits per heavy atom. The minimum absolute atomic E-state index is 0.254. The van der Waals surface area contributed by atoms with Crippen molar-refractivity contribution >= 4 is 29.0 Å². The van der Waals surface area contributed by atoms with Crippen LogP contribution in [0.3, 0.4) is 0 Å². The second-order valence-electron chi connectivity index (χ2n) is 6.56. The first-order chi connectivity index (χ1) is 14.0. The standard InChI is InChI=1S/C23H23N3O3/c1-16-8-11-18(22(27)24-20-12-9-17(10-13-20)15-29-2)14-21(16)26-23(28)25-19-6-4-3-5-7-19/h3-14H,15H2,1-2H3,(H,24,27)(H2,25,26,28). The molecule has 0 aliphatic heterocycles. The van der Waals surface area contributed by atoms with Crippen molar-refractivity contribution in [2.45, 2.75) is 13.5 Å². The number of urea groups is 1.